The van der Waals surface area contributed by atoms with Crippen molar-refractivity contribution in [2.24, 2.45) is 7.05 Å². The topological polar surface area (TPSA) is 56.7 Å². The maximum atomic E-state index is 5.87. The summed E-state index contributed by atoms with van der Waals surface area (Å²) in [7, 11) is 1.89. The van der Waals surface area contributed by atoms with Crippen LogP contribution in [0.3, 0.4) is 0 Å². The monoisotopic (exact) mass is 208 g/mol. The van der Waals surface area contributed by atoms with Gasteiger partial charge in [0.15, 0.2) is 0 Å². The van der Waals surface area contributed by atoms with Gasteiger partial charge in [0.05, 0.1) is 10.7 Å². The predicted octanol–water partition coefficient (Wildman–Crippen LogP) is 1.74. The second-order valence-electron chi connectivity index (χ2n) is 3.25. The molecule has 5 heteroatoms. The van der Waals surface area contributed by atoms with E-state index in [9.17, 15) is 0 Å². The Morgan fingerprint density at radius 3 is 2.57 bits per heavy atom. The van der Waals surface area contributed by atoms with E-state index in [1.165, 1.54) is 11.3 Å². The van der Waals surface area contributed by atoms with Gasteiger partial charge in [-0.3, -0.25) is 4.68 Å². The van der Waals surface area contributed by atoms with Gasteiger partial charge in [0.1, 0.15) is 10.7 Å². The van der Waals surface area contributed by atoms with Crippen molar-refractivity contribution >= 4 is 16.3 Å². The van der Waals surface area contributed by atoms with Crippen LogP contribution >= 0.6 is 11.3 Å². The van der Waals surface area contributed by atoms with Gasteiger partial charge in [-0.05, 0) is 13.8 Å². The lowest BCUT2D eigenvalue weighted by Crippen LogP contribution is -1.86. The first-order chi connectivity index (χ1) is 6.58. The van der Waals surface area contributed by atoms with Crippen molar-refractivity contribution < 1.29 is 0 Å². The average Bonchev–Trinajstić information content (AvgIpc) is 2.55. The summed E-state index contributed by atoms with van der Waals surface area (Å²) in [6.07, 6.45) is 1.94. The van der Waals surface area contributed by atoms with E-state index < -0.39 is 0 Å². The second-order valence-corrected chi connectivity index (χ2v) is 4.48. The molecular weight excluding hydrogens is 196 g/mol. The van der Waals surface area contributed by atoms with E-state index >= 15 is 0 Å². The maximum absolute atomic E-state index is 5.87. The predicted molar refractivity (Wildman–Crippen MR) is 58.2 cm³/mol. The molecule has 2 heterocycles. The fourth-order valence-electron chi connectivity index (χ4n) is 1.47. The number of nitrogens with zero attached hydrogens (tertiary/aromatic N) is 3. The Morgan fingerprint density at radius 2 is 2.14 bits per heavy atom. The minimum atomic E-state index is 0.763. The molecule has 0 spiro atoms. The summed E-state index contributed by atoms with van der Waals surface area (Å²) in [6.45, 7) is 3.92. The molecule has 2 aromatic rings. The Morgan fingerprint density at radius 1 is 1.43 bits per heavy atom. The third kappa shape index (κ3) is 1.39. The molecule has 0 fully saturated rings. The standard InChI is InChI=1S/C9H12N4S/c1-5-7(4-13(3)12-5)8-9(10)14-6(2)11-8/h4H,10H2,1-3H3. The zero-order valence-electron chi connectivity index (χ0n) is 8.40. The fourth-order valence-corrected chi connectivity index (χ4v) is 2.18. The summed E-state index contributed by atoms with van der Waals surface area (Å²) in [5.41, 5.74) is 8.71. The summed E-state index contributed by atoms with van der Waals surface area (Å²) in [6, 6.07) is 0. The number of hydrogen-bond acceptors (Lipinski definition) is 4. The van der Waals surface area contributed by atoms with Crippen LogP contribution in [0, 0.1) is 13.8 Å². The first-order valence-electron chi connectivity index (χ1n) is 4.31. The van der Waals surface area contributed by atoms with E-state index in [0.717, 1.165) is 27.0 Å². The number of anilines is 1. The highest BCUT2D eigenvalue weighted by Crippen LogP contribution is 2.31. The molecule has 74 valence electrons. The molecule has 0 saturated carbocycles. The molecular formula is C9H12N4S. The van der Waals surface area contributed by atoms with Crippen LogP contribution in [-0.4, -0.2) is 14.8 Å². The van der Waals surface area contributed by atoms with Gasteiger partial charge in [-0.15, -0.1) is 11.3 Å². The van der Waals surface area contributed by atoms with Gasteiger partial charge in [-0.25, -0.2) is 4.98 Å². The Kier molecular flexibility index (Phi) is 2.03. The van der Waals surface area contributed by atoms with Crippen LogP contribution in [0.15, 0.2) is 6.20 Å². The van der Waals surface area contributed by atoms with Crippen LogP contribution in [-0.2, 0) is 7.05 Å². The van der Waals surface area contributed by atoms with E-state index in [0.29, 0.717) is 0 Å². The van der Waals surface area contributed by atoms with Crippen LogP contribution in [0.1, 0.15) is 10.7 Å². The molecule has 14 heavy (non-hydrogen) atoms. The van der Waals surface area contributed by atoms with Gasteiger partial charge in [0, 0.05) is 18.8 Å². The van der Waals surface area contributed by atoms with Crippen molar-refractivity contribution in [1.82, 2.24) is 14.8 Å². The van der Waals surface area contributed by atoms with Gasteiger partial charge < -0.3 is 5.73 Å². The summed E-state index contributed by atoms with van der Waals surface area (Å²) in [5.74, 6) is 0. The second kappa shape index (κ2) is 3.09. The van der Waals surface area contributed by atoms with Crippen LogP contribution < -0.4 is 5.73 Å². The third-order valence-electron chi connectivity index (χ3n) is 2.03. The van der Waals surface area contributed by atoms with Crippen molar-refractivity contribution in [3.05, 3.63) is 16.9 Å². The van der Waals surface area contributed by atoms with E-state index in [-0.39, 0.29) is 0 Å². The molecule has 4 nitrogen and oxygen atoms in total. The lowest BCUT2D eigenvalue weighted by molar-refractivity contribution is 0.756. The molecule has 0 bridgehead atoms. The van der Waals surface area contributed by atoms with E-state index in [1.54, 1.807) is 4.68 Å². The lowest BCUT2D eigenvalue weighted by atomic mass is 10.2. The van der Waals surface area contributed by atoms with Gasteiger partial charge in [-0.1, -0.05) is 0 Å². The normalized spacial score (nSPS) is 10.8. The fraction of sp³-hybridized carbons (Fsp3) is 0.333. The Hall–Kier alpha value is -1.36. The Labute approximate surface area is 86.4 Å². The van der Waals surface area contributed by atoms with E-state index in [1.807, 2.05) is 27.1 Å². The lowest BCUT2D eigenvalue weighted by Gasteiger charge is -1.93. The quantitative estimate of drug-likeness (QED) is 0.776. The van der Waals surface area contributed by atoms with Crippen molar-refractivity contribution in [3.63, 3.8) is 0 Å². The minimum absolute atomic E-state index is 0.763. The average molecular weight is 208 g/mol. The first kappa shape index (κ1) is 9.21. The molecule has 2 aromatic heterocycles. The summed E-state index contributed by atoms with van der Waals surface area (Å²) in [5, 5.41) is 6.01. The number of aromatic nitrogens is 3. The third-order valence-corrected chi connectivity index (χ3v) is 2.83. The smallest absolute Gasteiger partial charge is 0.114 e. The molecule has 0 aliphatic rings. The zero-order chi connectivity index (χ0) is 10.3. The number of nitrogen functional groups attached to an aromatic ring is 1. The summed E-state index contributed by atoms with van der Waals surface area (Å²) < 4.78 is 1.78. The molecule has 0 amide bonds. The molecule has 2 N–H and O–H groups in total. The van der Waals surface area contributed by atoms with Gasteiger partial charge in [-0.2, -0.15) is 5.10 Å². The molecule has 0 aliphatic heterocycles. The Bertz CT molecular complexity index is 425. The molecule has 0 unspecified atom stereocenters. The van der Waals surface area contributed by atoms with E-state index in [4.69, 9.17) is 5.73 Å². The number of thiazole rings is 1. The van der Waals surface area contributed by atoms with Crippen molar-refractivity contribution in [2.45, 2.75) is 13.8 Å². The maximum Gasteiger partial charge on any atom is 0.114 e. The molecule has 0 aromatic carbocycles. The van der Waals surface area contributed by atoms with Crippen LogP contribution in [0.2, 0.25) is 0 Å². The van der Waals surface area contributed by atoms with Crippen LogP contribution in [0.4, 0.5) is 5.00 Å². The number of hydrogen-bond donors (Lipinski definition) is 1. The highest BCUT2D eigenvalue weighted by atomic mass is 32.1. The molecule has 0 atom stereocenters. The van der Waals surface area contributed by atoms with Gasteiger partial charge >= 0.3 is 0 Å². The number of rotatable bonds is 1. The highest BCUT2D eigenvalue weighted by Gasteiger charge is 2.13. The van der Waals surface area contributed by atoms with Crippen molar-refractivity contribution in [1.29, 1.82) is 0 Å². The molecule has 2 rings (SSSR count). The first-order valence-corrected chi connectivity index (χ1v) is 5.13. The van der Waals surface area contributed by atoms with E-state index in [2.05, 4.69) is 10.1 Å². The summed E-state index contributed by atoms with van der Waals surface area (Å²) in [4.78, 5) is 4.39. The zero-order valence-corrected chi connectivity index (χ0v) is 9.22. The molecule has 0 radical (unpaired) electrons. The summed E-state index contributed by atoms with van der Waals surface area (Å²) >= 11 is 1.51. The van der Waals surface area contributed by atoms with Crippen molar-refractivity contribution in [3.8, 4) is 11.3 Å². The number of aryl methyl sites for hydroxylation is 3. The molecule has 0 saturated heterocycles. The van der Waals surface area contributed by atoms with Crippen LogP contribution in [0.25, 0.3) is 11.3 Å². The minimum Gasteiger partial charge on any atom is -0.389 e. The van der Waals surface area contributed by atoms with Crippen LogP contribution in [0.5, 0.6) is 0 Å². The SMILES string of the molecule is Cc1nc(-c2cn(C)nc2C)c(N)s1. The highest BCUT2D eigenvalue weighted by molar-refractivity contribution is 7.16. The van der Waals surface area contributed by atoms with Gasteiger partial charge in [0.25, 0.3) is 0 Å². The Balaban J connectivity index is 2.59. The largest absolute Gasteiger partial charge is 0.389 e. The molecule has 0 aliphatic carbocycles. The van der Waals surface area contributed by atoms with Gasteiger partial charge in [0.2, 0.25) is 0 Å². The van der Waals surface area contributed by atoms with Crippen molar-refractivity contribution in [2.75, 3.05) is 5.73 Å². The number of nitrogens with two attached hydrogens (primary N) is 1.